The predicted molar refractivity (Wildman–Crippen MR) is 137 cm³/mol. The van der Waals surface area contributed by atoms with E-state index >= 15 is 0 Å². The van der Waals surface area contributed by atoms with Crippen LogP contribution >= 0.6 is 0 Å². The third-order valence-electron chi connectivity index (χ3n) is 5.81. The molecule has 0 spiro atoms. The summed E-state index contributed by atoms with van der Waals surface area (Å²) in [7, 11) is 0. The molecule has 0 aliphatic carbocycles. The van der Waals surface area contributed by atoms with Crippen LogP contribution in [-0.2, 0) is 23.3 Å². The number of nitriles is 1. The highest BCUT2D eigenvalue weighted by molar-refractivity contribution is 6.04. The fourth-order valence-electron chi connectivity index (χ4n) is 3.87. The third-order valence-corrected chi connectivity index (χ3v) is 5.81. The Balaban J connectivity index is 1.47. The van der Waals surface area contributed by atoms with Gasteiger partial charge in [0.1, 0.15) is 29.8 Å². The van der Waals surface area contributed by atoms with Gasteiger partial charge in [-0.05, 0) is 47.4 Å². The smallest absolute Gasteiger partial charge is 0.262 e. The molecule has 0 fully saturated rings. The number of furan rings is 1. The van der Waals surface area contributed by atoms with E-state index in [1.807, 2.05) is 48.7 Å². The van der Waals surface area contributed by atoms with Gasteiger partial charge in [-0.25, -0.2) is 0 Å². The number of para-hydroxylation sites is 1. The molecular formula is C29H29N3O3. The summed E-state index contributed by atoms with van der Waals surface area (Å²) in [5, 5.41) is 13.3. The number of nitrogens with zero attached hydrogens (tertiary/aromatic N) is 2. The lowest BCUT2D eigenvalue weighted by Crippen LogP contribution is -2.23. The second kappa shape index (κ2) is 10.4. The third kappa shape index (κ3) is 5.82. The minimum absolute atomic E-state index is 0.0367. The topological polar surface area (TPSA) is 80.2 Å². The predicted octanol–water partition coefficient (Wildman–Crippen LogP) is 5.83. The van der Waals surface area contributed by atoms with E-state index in [9.17, 15) is 10.1 Å². The average Bonchev–Trinajstić information content (AvgIpc) is 3.49. The molecule has 2 heterocycles. The van der Waals surface area contributed by atoms with Crippen molar-refractivity contribution in [2.24, 2.45) is 0 Å². The van der Waals surface area contributed by atoms with Crippen LogP contribution in [-0.4, -0.2) is 17.1 Å². The van der Waals surface area contributed by atoms with E-state index in [0.717, 1.165) is 22.2 Å². The molecule has 0 saturated heterocycles. The quantitative estimate of drug-likeness (QED) is 0.261. The fraction of sp³-hybridized carbons (Fsp3) is 0.241. The second-order valence-electron chi connectivity index (χ2n) is 9.35. The first-order chi connectivity index (χ1) is 16.8. The molecule has 6 heteroatoms. The monoisotopic (exact) mass is 467 g/mol. The van der Waals surface area contributed by atoms with Gasteiger partial charge in [-0.1, -0.05) is 51.1 Å². The van der Waals surface area contributed by atoms with Crippen LogP contribution in [0.5, 0.6) is 5.75 Å². The van der Waals surface area contributed by atoms with Crippen molar-refractivity contribution in [3.05, 3.63) is 95.6 Å². The first kappa shape index (κ1) is 23.9. The standard InChI is InChI=1S/C29H29N3O3/c1-29(2,3)23-10-12-24(13-11-23)35-16-14-32-20-22(26-8-4-5-9-27(26)32)17-21(18-30)28(33)31-19-25-7-6-15-34-25/h4-13,15,17,20H,14,16,19H2,1-3H3,(H,31,33)/b21-17+. The van der Waals surface area contributed by atoms with Crippen molar-refractivity contribution in [2.45, 2.75) is 39.3 Å². The average molecular weight is 468 g/mol. The molecule has 2 aromatic carbocycles. The largest absolute Gasteiger partial charge is 0.492 e. The zero-order valence-corrected chi connectivity index (χ0v) is 20.2. The van der Waals surface area contributed by atoms with Crippen LogP contribution in [0.4, 0.5) is 0 Å². The van der Waals surface area contributed by atoms with E-state index in [0.29, 0.717) is 18.9 Å². The number of aromatic nitrogens is 1. The highest BCUT2D eigenvalue weighted by Crippen LogP contribution is 2.25. The van der Waals surface area contributed by atoms with Gasteiger partial charge in [0.2, 0.25) is 0 Å². The molecule has 1 amide bonds. The molecule has 0 saturated carbocycles. The number of nitrogens with one attached hydrogen (secondary N) is 1. The zero-order valence-electron chi connectivity index (χ0n) is 20.2. The first-order valence-electron chi connectivity index (χ1n) is 11.6. The van der Waals surface area contributed by atoms with Crippen molar-refractivity contribution in [1.29, 1.82) is 5.26 Å². The molecule has 0 bridgehead atoms. The zero-order chi connectivity index (χ0) is 24.8. The lowest BCUT2D eigenvalue weighted by atomic mass is 9.87. The first-order valence-corrected chi connectivity index (χ1v) is 11.6. The summed E-state index contributed by atoms with van der Waals surface area (Å²) in [6.45, 7) is 7.90. The SMILES string of the molecule is CC(C)(C)c1ccc(OCCn2cc(/C=C(\C#N)C(=O)NCc3ccco3)c3ccccc32)cc1. The second-order valence-corrected chi connectivity index (χ2v) is 9.35. The maximum Gasteiger partial charge on any atom is 0.262 e. The summed E-state index contributed by atoms with van der Waals surface area (Å²) in [4.78, 5) is 12.6. The number of hydrogen-bond acceptors (Lipinski definition) is 4. The Labute approximate surface area is 205 Å². The maximum atomic E-state index is 12.6. The van der Waals surface area contributed by atoms with E-state index in [-0.39, 0.29) is 17.5 Å². The fourth-order valence-corrected chi connectivity index (χ4v) is 3.87. The molecule has 1 N–H and O–H groups in total. The Kier molecular flexibility index (Phi) is 7.07. The number of carbonyl (C=O) groups excluding carboxylic acids is 1. The molecule has 2 aromatic heterocycles. The van der Waals surface area contributed by atoms with Gasteiger partial charge in [-0.3, -0.25) is 4.79 Å². The van der Waals surface area contributed by atoms with E-state index in [2.05, 4.69) is 42.8 Å². The van der Waals surface area contributed by atoms with Gasteiger partial charge in [0.25, 0.3) is 5.91 Å². The summed E-state index contributed by atoms with van der Waals surface area (Å²) in [5.74, 6) is 1.01. The van der Waals surface area contributed by atoms with Crippen molar-refractivity contribution < 1.29 is 13.9 Å². The van der Waals surface area contributed by atoms with Crippen molar-refractivity contribution in [3.63, 3.8) is 0 Å². The van der Waals surface area contributed by atoms with Crippen molar-refractivity contribution in [2.75, 3.05) is 6.61 Å². The van der Waals surface area contributed by atoms with Gasteiger partial charge in [0.15, 0.2) is 0 Å². The van der Waals surface area contributed by atoms with Gasteiger partial charge >= 0.3 is 0 Å². The van der Waals surface area contributed by atoms with E-state index in [4.69, 9.17) is 9.15 Å². The van der Waals surface area contributed by atoms with Gasteiger partial charge < -0.3 is 19.0 Å². The van der Waals surface area contributed by atoms with Crippen LogP contribution in [0.1, 0.15) is 37.7 Å². The van der Waals surface area contributed by atoms with E-state index < -0.39 is 5.91 Å². The Bertz CT molecular complexity index is 1370. The van der Waals surface area contributed by atoms with Crippen molar-refractivity contribution >= 4 is 22.9 Å². The number of fused-ring (bicyclic) bond motifs is 1. The van der Waals surface area contributed by atoms with Crippen LogP contribution in [0, 0.1) is 11.3 Å². The van der Waals surface area contributed by atoms with Crippen LogP contribution in [0.3, 0.4) is 0 Å². The number of carbonyl (C=O) groups is 1. The Morgan fingerprint density at radius 3 is 2.57 bits per heavy atom. The molecule has 0 aliphatic rings. The van der Waals surface area contributed by atoms with Crippen LogP contribution < -0.4 is 10.1 Å². The molecule has 4 rings (SSSR count). The summed E-state index contributed by atoms with van der Waals surface area (Å²) in [6.07, 6.45) is 5.12. The normalized spacial score (nSPS) is 11.9. The van der Waals surface area contributed by atoms with Crippen molar-refractivity contribution in [3.8, 4) is 11.8 Å². The highest BCUT2D eigenvalue weighted by atomic mass is 16.5. The number of ether oxygens (including phenoxy) is 1. The molecule has 178 valence electrons. The molecular weight excluding hydrogens is 438 g/mol. The van der Waals surface area contributed by atoms with Crippen molar-refractivity contribution in [1.82, 2.24) is 9.88 Å². The Hall–Kier alpha value is -4.24. The molecule has 0 radical (unpaired) electrons. The Morgan fingerprint density at radius 2 is 1.89 bits per heavy atom. The number of rotatable bonds is 8. The molecule has 0 aliphatic heterocycles. The summed E-state index contributed by atoms with van der Waals surface area (Å²) in [5.41, 5.74) is 3.22. The number of hydrogen-bond donors (Lipinski definition) is 1. The molecule has 0 unspecified atom stereocenters. The molecule has 6 nitrogen and oxygen atoms in total. The van der Waals surface area contributed by atoms with Crippen LogP contribution in [0.15, 0.2) is 83.1 Å². The van der Waals surface area contributed by atoms with E-state index in [1.165, 1.54) is 5.56 Å². The molecule has 35 heavy (non-hydrogen) atoms. The van der Waals surface area contributed by atoms with Crippen LogP contribution in [0.2, 0.25) is 0 Å². The van der Waals surface area contributed by atoms with Gasteiger partial charge in [0.05, 0.1) is 19.4 Å². The lowest BCUT2D eigenvalue weighted by Gasteiger charge is -2.19. The van der Waals surface area contributed by atoms with E-state index in [1.54, 1.807) is 24.5 Å². The minimum Gasteiger partial charge on any atom is -0.492 e. The number of benzene rings is 2. The highest BCUT2D eigenvalue weighted by Gasteiger charge is 2.14. The van der Waals surface area contributed by atoms with Crippen LogP contribution in [0.25, 0.3) is 17.0 Å². The van der Waals surface area contributed by atoms with Gasteiger partial charge in [-0.15, -0.1) is 0 Å². The molecule has 4 aromatic rings. The maximum absolute atomic E-state index is 12.6. The van der Waals surface area contributed by atoms with Gasteiger partial charge in [-0.2, -0.15) is 5.26 Å². The number of amides is 1. The summed E-state index contributed by atoms with van der Waals surface area (Å²) >= 11 is 0. The summed E-state index contributed by atoms with van der Waals surface area (Å²) < 4.78 is 13.3. The summed E-state index contributed by atoms with van der Waals surface area (Å²) in [6, 6.07) is 21.7. The lowest BCUT2D eigenvalue weighted by molar-refractivity contribution is -0.117. The van der Waals surface area contributed by atoms with Gasteiger partial charge in [0, 0.05) is 22.7 Å². The molecule has 0 atom stereocenters. The Morgan fingerprint density at radius 1 is 1.11 bits per heavy atom. The minimum atomic E-state index is -0.442.